The Labute approximate surface area is 220 Å². The Hall–Kier alpha value is -3.22. The second-order valence-corrected chi connectivity index (χ2v) is 9.77. The van der Waals surface area contributed by atoms with Gasteiger partial charge in [0.1, 0.15) is 12.6 Å². The van der Waals surface area contributed by atoms with E-state index in [0.717, 1.165) is 66.8 Å². The molecule has 3 fully saturated rings. The van der Waals surface area contributed by atoms with Crippen molar-refractivity contribution in [1.82, 2.24) is 15.1 Å². The molecule has 0 radical (unpaired) electrons. The minimum atomic E-state index is -1.04. The molecule has 0 aromatic heterocycles. The highest BCUT2D eigenvalue weighted by Crippen LogP contribution is 2.37. The van der Waals surface area contributed by atoms with Gasteiger partial charge in [0.15, 0.2) is 11.6 Å². The van der Waals surface area contributed by atoms with E-state index in [9.17, 15) is 23.6 Å². The molecule has 7 nitrogen and oxygen atoms in total. The van der Waals surface area contributed by atoms with Gasteiger partial charge in [0, 0.05) is 25.2 Å². The van der Waals surface area contributed by atoms with Crippen LogP contribution in [0, 0.1) is 23.0 Å². The minimum absolute atomic E-state index is 0. The molecule has 3 amide bonds. The number of benzene rings is 2. The summed E-state index contributed by atoms with van der Waals surface area (Å²) >= 11 is 0. The number of carbonyl (C=O) groups is 2. The Kier molecular flexibility index (Phi) is 8.30. The van der Waals surface area contributed by atoms with E-state index in [4.69, 9.17) is 4.74 Å². The number of urea groups is 1. The number of rotatable bonds is 4. The highest BCUT2D eigenvalue weighted by atomic mass is 35.5. The number of hydrogen-bond donors (Lipinski definition) is 1. The van der Waals surface area contributed by atoms with E-state index >= 15 is 0 Å². The molecule has 3 aliphatic rings. The number of likely N-dealkylation sites (tertiary alicyclic amines) is 1. The molecule has 2 aliphatic heterocycles. The number of nitriles is 1. The Morgan fingerprint density at radius 2 is 1.81 bits per heavy atom. The van der Waals surface area contributed by atoms with Crippen molar-refractivity contribution in [3.05, 3.63) is 70.8 Å². The molecule has 5 rings (SSSR count). The minimum Gasteiger partial charge on any atom is -0.446 e. The number of carbonyl (C=O) groups excluding carboxylic acids is 2. The van der Waals surface area contributed by atoms with Gasteiger partial charge in [-0.2, -0.15) is 5.26 Å². The van der Waals surface area contributed by atoms with Crippen molar-refractivity contribution in [2.75, 3.05) is 19.7 Å². The van der Waals surface area contributed by atoms with Crippen LogP contribution in [0.2, 0.25) is 0 Å². The van der Waals surface area contributed by atoms with Gasteiger partial charge in [-0.1, -0.05) is 24.3 Å². The molecule has 10 heteroatoms. The van der Waals surface area contributed by atoms with Crippen LogP contribution in [0.25, 0.3) is 0 Å². The van der Waals surface area contributed by atoms with Crippen molar-refractivity contribution >= 4 is 24.5 Å². The lowest BCUT2D eigenvalue weighted by Gasteiger charge is -2.35. The maximum atomic E-state index is 13.7. The number of cyclic esters (lactones) is 1. The summed E-state index contributed by atoms with van der Waals surface area (Å²) in [5, 5.41) is 12.4. The molecule has 0 spiro atoms. The Balaban J connectivity index is 0.00000320. The highest BCUT2D eigenvalue weighted by molar-refractivity contribution is 5.92. The molecule has 37 heavy (non-hydrogen) atoms. The number of hydrogen-bond acceptors (Lipinski definition) is 5. The lowest BCUT2D eigenvalue weighted by molar-refractivity contribution is 0.155. The second-order valence-electron chi connectivity index (χ2n) is 9.77. The molecule has 196 valence electrons. The van der Waals surface area contributed by atoms with Crippen LogP contribution in [0.5, 0.6) is 0 Å². The fourth-order valence-electron chi connectivity index (χ4n) is 5.80. The van der Waals surface area contributed by atoms with Crippen LogP contribution >= 0.6 is 12.4 Å². The molecule has 0 bridgehead atoms. The van der Waals surface area contributed by atoms with Gasteiger partial charge in [-0.05, 0) is 67.3 Å². The Morgan fingerprint density at radius 1 is 1.05 bits per heavy atom. The summed E-state index contributed by atoms with van der Waals surface area (Å²) in [5.74, 6) is -1.64. The monoisotopic (exact) mass is 530 g/mol. The van der Waals surface area contributed by atoms with Gasteiger partial charge in [-0.25, -0.2) is 23.3 Å². The number of nitrogens with zero attached hydrogens (tertiary/aromatic N) is 3. The SMILES string of the molecule is Cl.N#Cc1ccccc1C1CCC(N2CC[C@@H](NC(=O)N3C(=O)OC[C@@H]3c3ccc(F)c(F)c3)C2)CC1. The van der Waals surface area contributed by atoms with Gasteiger partial charge in [0.05, 0.1) is 11.6 Å². The van der Waals surface area contributed by atoms with E-state index in [0.29, 0.717) is 24.1 Å². The molecular weight excluding hydrogens is 502 g/mol. The number of nitrogens with one attached hydrogen (secondary N) is 1. The van der Waals surface area contributed by atoms with Crippen molar-refractivity contribution in [3.8, 4) is 6.07 Å². The summed E-state index contributed by atoms with van der Waals surface area (Å²) in [7, 11) is 0. The first-order valence-corrected chi connectivity index (χ1v) is 12.4. The lowest BCUT2D eigenvalue weighted by atomic mass is 9.80. The van der Waals surface area contributed by atoms with Crippen LogP contribution in [0.4, 0.5) is 18.4 Å². The van der Waals surface area contributed by atoms with Gasteiger partial charge >= 0.3 is 12.1 Å². The highest BCUT2D eigenvalue weighted by Gasteiger charge is 2.41. The molecule has 2 aromatic rings. The number of ether oxygens (including phenoxy) is 1. The zero-order valence-corrected chi connectivity index (χ0v) is 21.1. The summed E-state index contributed by atoms with van der Waals surface area (Å²) in [6.45, 7) is 1.44. The number of halogens is 3. The van der Waals surface area contributed by atoms with Crippen LogP contribution in [-0.2, 0) is 4.74 Å². The average Bonchev–Trinajstić information content (AvgIpc) is 3.52. The predicted octanol–water partition coefficient (Wildman–Crippen LogP) is 5.26. The predicted molar refractivity (Wildman–Crippen MR) is 134 cm³/mol. The van der Waals surface area contributed by atoms with E-state index in [-0.39, 0.29) is 25.1 Å². The van der Waals surface area contributed by atoms with Crippen LogP contribution in [0.3, 0.4) is 0 Å². The maximum absolute atomic E-state index is 13.7. The average molecular weight is 531 g/mol. The number of imide groups is 1. The fraction of sp³-hybridized carbons (Fsp3) is 0.444. The summed E-state index contributed by atoms with van der Waals surface area (Å²) < 4.78 is 32.1. The standard InChI is InChI=1S/C27H28F2N4O3.ClH/c28-23-10-7-18(13-24(23)29)25-16-36-27(35)33(25)26(34)31-20-11-12-32(15-20)21-8-5-17(6-9-21)22-4-2-1-3-19(22)14-30;/h1-4,7,10,13,17,20-21,25H,5-6,8-9,11-12,15-16H2,(H,31,34);1H/t17?,20-,21?,25-;/m1./s1. The smallest absolute Gasteiger partial charge is 0.418 e. The Bertz CT molecular complexity index is 1200. The van der Waals surface area contributed by atoms with Crippen molar-refractivity contribution in [3.63, 3.8) is 0 Å². The largest absolute Gasteiger partial charge is 0.446 e. The van der Waals surface area contributed by atoms with Crippen LogP contribution in [0.1, 0.15) is 60.8 Å². The van der Waals surface area contributed by atoms with E-state index in [1.165, 1.54) is 6.07 Å². The van der Waals surface area contributed by atoms with Crippen LogP contribution in [0.15, 0.2) is 42.5 Å². The zero-order valence-electron chi connectivity index (χ0n) is 20.2. The Morgan fingerprint density at radius 3 is 2.54 bits per heavy atom. The van der Waals surface area contributed by atoms with Crippen molar-refractivity contribution < 1.29 is 23.1 Å². The third-order valence-corrected chi connectivity index (χ3v) is 7.70. The molecule has 2 saturated heterocycles. The van der Waals surface area contributed by atoms with Crippen LogP contribution in [-0.4, -0.2) is 53.7 Å². The summed E-state index contributed by atoms with van der Waals surface area (Å²) in [4.78, 5) is 28.6. The van der Waals surface area contributed by atoms with Gasteiger partial charge in [0.25, 0.3) is 0 Å². The molecule has 1 N–H and O–H groups in total. The summed E-state index contributed by atoms with van der Waals surface area (Å²) in [6, 6.07) is 12.4. The molecule has 1 aliphatic carbocycles. The zero-order chi connectivity index (χ0) is 25.2. The number of amides is 3. The maximum Gasteiger partial charge on any atom is 0.418 e. The quantitative estimate of drug-likeness (QED) is 0.582. The fourth-order valence-corrected chi connectivity index (χ4v) is 5.80. The molecule has 2 aromatic carbocycles. The second kappa shape index (κ2) is 11.4. The van der Waals surface area contributed by atoms with Gasteiger partial charge in [-0.3, -0.25) is 4.90 Å². The third-order valence-electron chi connectivity index (χ3n) is 7.70. The normalized spacial score (nSPS) is 25.8. The summed E-state index contributed by atoms with van der Waals surface area (Å²) in [6.07, 6.45) is 4.07. The summed E-state index contributed by atoms with van der Waals surface area (Å²) in [5.41, 5.74) is 2.20. The van der Waals surface area contributed by atoms with E-state index in [2.05, 4.69) is 22.4 Å². The first-order chi connectivity index (χ1) is 17.4. The molecule has 1 saturated carbocycles. The lowest BCUT2D eigenvalue weighted by Crippen LogP contribution is -2.47. The first kappa shape index (κ1) is 26.8. The van der Waals surface area contributed by atoms with Crippen molar-refractivity contribution in [2.45, 2.75) is 56.1 Å². The third kappa shape index (κ3) is 5.55. The van der Waals surface area contributed by atoms with Gasteiger partial charge in [0.2, 0.25) is 0 Å². The van der Waals surface area contributed by atoms with E-state index in [1.807, 2.05) is 18.2 Å². The molecule has 2 heterocycles. The van der Waals surface area contributed by atoms with Crippen molar-refractivity contribution in [1.29, 1.82) is 5.26 Å². The first-order valence-electron chi connectivity index (χ1n) is 12.4. The molecule has 0 unspecified atom stereocenters. The topological polar surface area (TPSA) is 85.7 Å². The van der Waals surface area contributed by atoms with Crippen molar-refractivity contribution in [2.24, 2.45) is 0 Å². The molecule has 2 atom stereocenters. The van der Waals surface area contributed by atoms with Crippen LogP contribution < -0.4 is 5.32 Å². The van der Waals surface area contributed by atoms with Gasteiger partial charge < -0.3 is 10.1 Å². The molecular formula is C27H29ClF2N4O3. The van der Waals surface area contributed by atoms with Gasteiger partial charge in [-0.15, -0.1) is 12.4 Å². The van der Waals surface area contributed by atoms with E-state index in [1.54, 1.807) is 0 Å². The van der Waals surface area contributed by atoms with E-state index < -0.39 is 29.8 Å².